The summed E-state index contributed by atoms with van der Waals surface area (Å²) >= 11 is 0. The molecule has 1 aromatic carbocycles. The van der Waals surface area contributed by atoms with Crippen LogP contribution in [0.3, 0.4) is 0 Å². The fraction of sp³-hybridized carbons (Fsp3) is 0.182. The second-order valence-corrected chi connectivity index (χ2v) is 3.42. The Balaban J connectivity index is 2.50. The van der Waals surface area contributed by atoms with Gasteiger partial charge in [-0.25, -0.2) is 8.78 Å². The second-order valence-electron chi connectivity index (χ2n) is 3.42. The van der Waals surface area contributed by atoms with Crippen molar-refractivity contribution in [2.45, 2.75) is 12.3 Å². The molecule has 0 aliphatic carbocycles. The first kappa shape index (κ1) is 10.6. The minimum atomic E-state index is -3.42. The molecule has 0 saturated heterocycles. The molecule has 3 nitrogen and oxygen atoms in total. The van der Waals surface area contributed by atoms with Gasteiger partial charge in [-0.1, -0.05) is 18.2 Å². The maximum absolute atomic E-state index is 13.5. The predicted octanol–water partition coefficient (Wildman–Crippen LogP) is 3.00. The van der Waals surface area contributed by atoms with Crippen molar-refractivity contribution in [2.24, 2.45) is 0 Å². The van der Waals surface area contributed by atoms with Crippen molar-refractivity contribution >= 4 is 16.9 Å². The third-order valence-electron chi connectivity index (χ3n) is 2.25. The van der Waals surface area contributed by atoms with Gasteiger partial charge in [0.2, 0.25) is 0 Å². The van der Waals surface area contributed by atoms with Crippen LogP contribution in [-0.2, 0) is 10.7 Å². The maximum atomic E-state index is 13.5. The molecule has 16 heavy (non-hydrogen) atoms. The summed E-state index contributed by atoms with van der Waals surface area (Å²) in [6.45, 7) is 0. The van der Waals surface area contributed by atoms with Crippen molar-refractivity contribution in [3.63, 3.8) is 0 Å². The number of rotatable bonds is 3. The lowest BCUT2D eigenvalue weighted by molar-refractivity contribution is -0.145. The molecule has 0 spiro atoms. The zero-order chi connectivity index (χ0) is 11.8. The van der Waals surface area contributed by atoms with Gasteiger partial charge in [-0.15, -0.1) is 0 Å². The fourth-order valence-electron chi connectivity index (χ4n) is 1.55. The Hall–Kier alpha value is -1.91. The summed E-state index contributed by atoms with van der Waals surface area (Å²) < 4.78 is 32.0. The summed E-state index contributed by atoms with van der Waals surface area (Å²) in [5.41, 5.74) is -0.0620. The first-order valence-electron chi connectivity index (χ1n) is 4.57. The van der Waals surface area contributed by atoms with Crippen LogP contribution in [0.25, 0.3) is 11.0 Å². The van der Waals surface area contributed by atoms with Crippen LogP contribution in [0.4, 0.5) is 8.78 Å². The lowest BCUT2D eigenvalue weighted by Crippen LogP contribution is -2.17. The van der Waals surface area contributed by atoms with E-state index in [4.69, 9.17) is 9.52 Å². The zero-order valence-electron chi connectivity index (χ0n) is 8.11. The van der Waals surface area contributed by atoms with Crippen LogP contribution in [0, 0.1) is 0 Å². The van der Waals surface area contributed by atoms with Crippen molar-refractivity contribution < 1.29 is 23.1 Å². The highest BCUT2D eigenvalue weighted by Gasteiger charge is 2.37. The lowest BCUT2D eigenvalue weighted by atomic mass is 10.0. The van der Waals surface area contributed by atoms with Gasteiger partial charge in [0.1, 0.15) is 18.3 Å². The van der Waals surface area contributed by atoms with Crippen LogP contribution in [-0.4, -0.2) is 11.1 Å². The molecule has 0 radical (unpaired) electrons. The minimum absolute atomic E-state index is 0.244. The van der Waals surface area contributed by atoms with Gasteiger partial charge in [0.25, 0.3) is 5.92 Å². The number of carbonyl (C=O) groups is 1. The molecule has 0 fully saturated rings. The Bertz CT molecular complexity index is 531. The highest BCUT2D eigenvalue weighted by molar-refractivity contribution is 5.82. The number of para-hydroxylation sites is 1. The van der Waals surface area contributed by atoms with Gasteiger partial charge in [-0.05, 0) is 6.07 Å². The third kappa shape index (κ3) is 1.76. The first-order chi connectivity index (χ1) is 7.50. The van der Waals surface area contributed by atoms with E-state index in [-0.39, 0.29) is 10.9 Å². The summed E-state index contributed by atoms with van der Waals surface area (Å²) in [4.78, 5) is 10.3. The number of furan rings is 1. The van der Waals surface area contributed by atoms with Crippen molar-refractivity contribution in [1.29, 1.82) is 0 Å². The van der Waals surface area contributed by atoms with Crippen molar-refractivity contribution in [2.75, 3.05) is 0 Å². The van der Waals surface area contributed by atoms with Gasteiger partial charge < -0.3 is 9.52 Å². The van der Waals surface area contributed by atoms with Gasteiger partial charge in [-0.2, -0.15) is 0 Å². The smallest absolute Gasteiger partial charge is 0.309 e. The van der Waals surface area contributed by atoms with Crippen LogP contribution in [0.2, 0.25) is 0 Å². The number of halogens is 2. The van der Waals surface area contributed by atoms with Crippen LogP contribution < -0.4 is 0 Å². The number of alkyl halides is 2. The minimum Gasteiger partial charge on any atom is -0.481 e. The molecule has 1 N–H and O–H groups in total. The van der Waals surface area contributed by atoms with Gasteiger partial charge in [0, 0.05) is 5.39 Å². The van der Waals surface area contributed by atoms with Crippen molar-refractivity contribution in [3.05, 3.63) is 36.1 Å². The SMILES string of the molecule is O=C(O)CC(F)(F)c1coc2ccccc12. The molecule has 0 aliphatic rings. The van der Waals surface area contributed by atoms with E-state index >= 15 is 0 Å². The van der Waals surface area contributed by atoms with Gasteiger partial charge >= 0.3 is 5.97 Å². The van der Waals surface area contributed by atoms with E-state index in [1.54, 1.807) is 18.2 Å². The molecule has 0 atom stereocenters. The Kier molecular flexibility index (Phi) is 2.38. The molecule has 0 unspecified atom stereocenters. The van der Waals surface area contributed by atoms with E-state index in [0.29, 0.717) is 5.58 Å². The highest BCUT2D eigenvalue weighted by atomic mass is 19.3. The number of hydrogen-bond acceptors (Lipinski definition) is 2. The van der Waals surface area contributed by atoms with Crippen LogP contribution in [0.15, 0.2) is 34.9 Å². The number of fused-ring (bicyclic) bond motifs is 1. The molecule has 1 aromatic heterocycles. The Morgan fingerprint density at radius 2 is 2.06 bits per heavy atom. The summed E-state index contributed by atoms with van der Waals surface area (Å²) in [5, 5.41) is 8.65. The lowest BCUT2D eigenvalue weighted by Gasteiger charge is -2.11. The molecule has 0 bridgehead atoms. The van der Waals surface area contributed by atoms with E-state index in [0.717, 1.165) is 6.26 Å². The first-order valence-corrected chi connectivity index (χ1v) is 4.57. The van der Waals surface area contributed by atoms with Crippen LogP contribution in [0.5, 0.6) is 0 Å². The number of carboxylic acids is 1. The predicted molar refractivity (Wildman–Crippen MR) is 52.4 cm³/mol. The molecular weight excluding hydrogens is 218 g/mol. The van der Waals surface area contributed by atoms with E-state index < -0.39 is 18.3 Å². The standard InChI is InChI=1S/C11H8F2O3/c12-11(13,5-10(14)15)8-6-16-9-4-2-1-3-7(8)9/h1-4,6H,5H2,(H,14,15). The third-order valence-corrected chi connectivity index (χ3v) is 2.25. The molecule has 1 heterocycles. The van der Waals surface area contributed by atoms with Gasteiger partial charge in [0.05, 0.1) is 5.56 Å². The summed E-state index contributed by atoms with van der Waals surface area (Å²) in [6.07, 6.45) is -0.329. The topological polar surface area (TPSA) is 50.4 Å². The molecule has 84 valence electrons. The Morgan fingerprint density at radius 1 is 1.38 bits per heavy atom. The highest BCUT2D eigenvalue weighted by Crippen LogP contribution is 2.37. The second kappa shape index (κ2) is 3.59. The monoisotopic (exact) mass is 226 g/mol. The summed E-state index contributed by atoms with van der Waals surface area (Å²) in [5.74, 6) is -4.96. The van der Waals surface area contributed by atoms with E-state index in [9.17, 15) is 13.6 Å². The molecule has 0 saturated carbocycles. The Labute approximate surface area is 89.3 Å². The van der Waals surface area contributed by atoms with Crippen LogP contribution >= 0.6 is 0 Å². The van der Waals surface area contributed by atoms with Gasteiger partial charge in [0.15, 0.2) is 0 Å². The fourth-order valence-corrected chi connectivity index (χ4v) is 1.55. The zero-order valence-corrected chi connectivity index (χ0v) is 8.11. The summed E-state index contributed by atoms with van der Waals surface area (Å²) in [7, 11) is 0. The molecule has 0 amide bonds. The van der Waals surface area contributed by atoms with E-state index in [1.807, 2.05) is 0 Å². The normalized spacial score (nSPS) is 11.9. The molecule has 2 aromatic rings. The molecule has 0 aliphatic heterocycles. The number of hydrogen-bond donors (Lipinski definition) is 1. The van der Waals surface area contributed by atoms with Crippen molar-refractivity contribution in [1.82, 2.24) is 0 Å². The molecular formula is C11H8F2O3. The average molecular weight is 226 g/mol. The maximum Gasteiger partial charge on any atom is 0.309 e. The number of benzene rings is 1. The van der Waals surface area contributed by atoms with E-state index in [2.05, 4.69) is 0 Å². The quantitative estimate of drug-likeness (QED) is 0.875. The largest absolute Gasteiger partial charge is 0.481 e. The average Bonchev–Trinajstić information content (AvgIpc) is 2.59. The molecule has 2 rings (SSSR count). The van der Waals surface area contributed by atoms with Crippen LogP contribution in [0.1, 0.15) is 12.0 Å². The Morgan fingerprint density at radius 3 is 2.75 bits per heavy atom. The number of aliphatic carboxylic acids is 1. The van der Waals surface area contributed by atoms with Gasteiger partial charge in [-0.3, -0.25) is 4.79 Å². The molecule has 5 heteroatoms. The summed E-state index contributed by atoms with van der Waals surface area (Å²) in [6, 6.07) is 6.28. The van der Waals surface area contributed by atoms with E-state index in [1.165, 1.54) is 6.07 Å². The van der Waals surface area contributed by atoms with Crippen molar-refractivity contribution in [3.8, 4) is 0 Å². The number of carboxylic acid groups (broad SMARTS) is 1.